The van der Waals surface area contributed by atoms with Crippen LogP contribution < -0.4 is 31.2 Å². The molecule has 0 saturated heterocycles. The van der Waals surface area contributed by atoms with Gasteiger partial charge in [-0.25, -0.2) is 18.6 Å². The van der Waals surface area contributed by atoms with Crippen molar-refractivity contribution in [2.75, 3.05) is 30.2 Å². The van der Waals surface area contributed by atoms with E-state index in [0.717, 1.165) is 26.4 Å². The van der Waals surface area contributed by atoms with Gasteiger partial charge in [-0.05, 0) is 24.6 Å². The largest absolute Gasteiger partial charge is 0.494 e. The lowest BCUT2D eigenvalue weighted by Gasteiger charge is -2.14. The number of primary amides is 1. The van der Waals surface area contributed by atoms with Crippen molar-refractivity contribution in [3.63, 3.8) is 0 Å². The van der Waals surface area contributed by atoms with E-state index in [1.54, 1.807) is 13.1 Å². The van der Waals surface area contributed by atoms with Gasteiger partial charge in [-0.1, -0.05) is 6.58 Å². The van der Waals surface area contributed by atoms with Gasteiger partial charge < -0.3 is 35.6 Å². The molecule has 4 rings (SSSR count). The first kappa shape index (κ1) is 27.5. The van der Waals surface area contributed by atoms with Crippen LogP contribution in [0.1, 0.15) is 21.7 Å². The fourth-order valence-corrected chi connectivity index (χ4v) is 3.81. The van der Waals surface area contributed by atoms with Crippen molar-refractivity contribution in [1.29, 1.82) is 0 Å². The van der Waals surface area contributed by atoms with Crippen LogP contribution in [0, 0.1) is 18.6 Å². The Labute approximate surface area is 225 Å². The third kappa shape index (κ3) is 5.09. The van der Waals surface area contributed by atoms with E-state index in [4.69, 9.17) is 19.6 Å². The second-order valence-electron chi connectivity index (χ2n) is 8.17. The molecule has 0 bridgehead atoms. The van der Waals surface area contributed by atoms with Gasteiger partial charge in [0.15, 0.2) is 34.5 Å². The SMILES string of the molecule is C=CC(=O)Nc1cncc(C)c1Nc1cc2c(NC(N)=O)c(C(=O)c3c(F)c(OC)cc(OC)c3F)oc2cn1. The maximum Gasteiger partial charge on any atom is 0.316 e. The molecule has 3 aromatic heterocycles. The van der Waals surface area contributed by atoms with Crippen molar-refractivity contribution in [3.05, 3.63) is 71.9 Å². The smallest absolute Gasteiger partial charge is 0.316 e. The van der Waals surface area contributed by atoms with Crippen LogP contribution in [0.4, 0.5) is 36.5 Å². The number of pyridine rings is 2. The lowest BCUT2D eigenvalue weighted by Crippen LogP contribution is -2.21. The molecule has 0 radical (unpaired) electrons. The van der Waals surface area contributed by atoms with E-state index in [9.17, 15) is 14.4 Å². The number of amides is 3. The van der Waals surface area contributed by atoms with Crippen molar-refractivity contribution in [2.24, 2.45) is 5.73 Å². The Hall–Kier alpha value is -5.53. The fraction of sp³-hybridized carbons (Fsp3) is 0.115. The predicted octanol–water partition coefficient (Wildman–Crippen LogP) is 4.42. The molecule has 3 heterocycles. The fourth-order valence-electron chi connectivity index (χ4n) is 3.81. The summed E-state index contributed by atoms with van der Waals surface area (Å²) in [4.78, 5) is 45.4. The van der Waals surface area contributed by atoms with Crippen molar-refractivity contribution in [2.45, 2.75) is 6.92 Å². The zero-order chi connectivity index (χ0) is 29.1. The molecular formula is C26H22F2N6O6. The number of benzene rings is 1. The molecule has 12 nitrogen and oxygen atoms in total. The van der Waals surface area contributed by atoms with Gasteiger partial charge in [0.2, 0.25) is 11.7 Å². The number of nitrogens with zero attached hydrogens (tertiary/aromatic N) is 2. The Morgan fingerprint density at radius 3 is 2.30 bits per heavy atom. The molecule has 0 unspecified atom stereocenters. The van der Waals surface area contributed by atoms with Crippen molar-refractivity contribution < 1.29 is 37.1 Å². The molecule has 3 amide bonds. The second kappa shape index (κ2) is 11.1. The Morgan fingerprint density at radius 2 is 1.70 bits per heavy atom. The number of nitrogens with one attached hydrogen (secondary N) is 3. The molecule has 0 aliphatic rings. The first-order valence-electron chi connectivity index (χ1n) is 11.4. The predicted molar refractivity (Wildman–Crippen MR) is 141 cm³/mol. The van der Waals surface area contributed by atoms with Crippen LogP contribution in [0.2, 0.25) is 0 Å². The molecule has 0 fully saturated rings. The molecule has 5 N–H and O–H groups in total. The van der Waals surface area contributed by atoms with Gasteiger partial charge in [-0.3, -0.25) is 14.6 Å². The van der Waals surface area contributed by atoms with Crippen molar-refractivity contribution in [3.8, 4) is 11.5 Å². The van der Waals surface area contributed by atoms with Gasteiger partial charge in [-0.15, -0.1) is 0 Å². The lowest BCUT2D eigenvalue weighted by atomic mass is 10.0. The number of furan rings is 1. The zero-order valence-corrected chi connectivity index (χ0v) is 21.3. The Balaban J connectivity index is 1.85. The monoisotopic (exact) mass is 552 g/mol. The van der Waals surface area contributed by atoms with Gasteiger partial charge in [-0.2, -0.15) is 0 Å². The average molecular weight is 552 g/mol. The highest BCUT2D eigenvalue weighted by Gasteiger charge is 2.32. The summed E-state index contributed by atoms with van der Waals surface area (Å²) in [5.74, 6) is -5.70. The van der Waals surface area contributed by atoms with E-state index in [-0.39, 0.29) is 22.5 Å². The topological polar surface area (TPSA) is 171 Å². The van der Waals surface area contributed by atoms with Crippen LogP contribution in [0.15, 0.2) is 47.8 Å². The van der Waals surface area contributed by atoms with Crippen molar-refractivity contribution in [1.82, 2.24) is 9.97 Å². The standard InChI is InChI=1S/C26H22F2N6O6/c1-5-18(35)32-13-9-30-8-11(2)22(13)33-17-6-12-16(10-31-17)40-25(23(12)34-26(29)37)24(36)19-20(27)14(38-3)7-15(39-4)21(19)28/h5-10H,1H2,2-4H3,(H,32,35)(H3,29,34,37)(H,30,31,33). The zero-order valence-electron chi connectivity index (χ0n) is 21.3. The van der Waals surface area contributed by atoms with E-state index < -0.39 is 52.2 Å². The second-order valence-corrected chi connectivity index (χ2v) is 8.17. The molecule has 206 valence electrons. The number of methoxy groups -OCH3 is 2. The van der Waals surface area contributed by atoms with Gasteiger partial charge in [0, 0.05) is 12.3 Å². The number of ketones is 1. The van der Waals surface area contributed by atoms with E-state index in [1.807, 2.05) is 0 Å². The quantitative estimate of drug-likeness (QED) is 0.173. The highest BCUT2D eigenvalue weighted by Crippen LogP contribution is 2.38. The number of hydrogen-bond donors (Lipinski definition) is 4. The summed E-state index contributed by atoms with van der Waals surface area (Å²) in [6.45, 7) is 5.15. The van der Waals surface area contributed by atoms with E-state index in [0.29, 0.717) is 16.9 Å². The molecule has 0 saturated carbocycles. The molecule has 0 aliphatic carbocycles. The number of aryl methyl sites for hydroxylation is 1. The molecule has 40 heavy (non-hydrogen) atoms. The number of halogens is 2. The molecule has 4 aromatic rings. The molecule has 0 atom stereocenters. The van der Waals surface area contributed by atoms with Crippen LogP contribution in [0.5, 0.6) is 11.5 Å². The molecular weight excluding hydrogens is 530 g/mol. The number of aromatic nitrogens is 2. The minimum absolute atomic E-state index is 0.0139. The average Bonchev–Trinajstić information content (AvgIpc) is 3.27. The van der Waals surface area contributed by atoms with Crippen LogP contribution in [0.3, 0.4) is 0 Å². The summed E-state index contributed by atoms with van der Waals surface area (Å²) < 4.78 is 45.5. The Kier molecular flexibility index (Phi) is 7.61. The highest BCUT2D eigenvalue weighted by molar-refractivity contribution is 6.17. The molecule has 1 aromatic carbocycles. The summed E-state index contributed by atoms with van der Waals surface area (Å²) in [5, 5.41) is 8.06. The maximum atomic E-state index is 15.1. The number of carbonyl (C=O) groups is 3. The maximum absolute atomic E-state index is 15.1. The van der Waals surface area contributed by atoms with E-state index >= 15 is 8.78 Å². The number of hydrogen-bond acceptors (Lipinski definition) is 9. The number of fused-ring (bicyclic) bond motifs is 1. The Morgan fingerprint density at radius 1 is 1.02 bits per heavy atom. The number of ether oxygens (including phenoxy) is 2. The van der Waals surface area contributed by atoms with Gasteiger partial charge in [0.1, 0.15) is 17.1 Å². The molecule has 0 aliphatic heterocycles. The summed E-state index contributed by atoms with van der Waals surface area (Å²) >= 11 is 0. The van der Waals surface area contributed by atoms with Crippen LogP contribution >= 0.6 is 0 Å². The number of urea groups is 1. The minimum Gasteiger partial charge on any atom is -0.494 e. The number of anilines is 4. The Bertz CT molecular complexity index is 1660. The summed E-state index contributed by atoms with van der Waals surface area (Å²) in [6, 6.07) is 1.27. The first-order valence-corrected chi connectivity index (χ1v) is 11.4. The van der Waals surface area contributed by atoms with Crippen LogP contribution in [-0.4, -0.2) is 41.9 Å². The number of nitrogens with two attached hydrogens (primary N) is 1. The van der Waals surface area contributed by atoms with E-state index in [2.05, 4.69) is 32.5 Å². The van der Waals surface area contributed by atoms with Gasteiger partial charge in [0.25, 0.3) is 0 Å². The summed E-state index contributed by atoms with van der Waals surface area (Å²) in [5.41, 5.74) is 5.41. The third-order valence-electron chi connectivity index (χ3n) is 5.66. The summed E-state index contributed by atoms with van der Waals surface area (Å²) in [7, 11) is 2.26. The van der Waals surface area contributed by atoms with Gasteiger partial charge in [0.05, 0.1) is 43.4 Å². The highest BCUT2D eigenvalue weighted by atomic mass is 19.1. The number of carbonyl (C=O) groups excluding carboxylic acids is 3. The van der Waals surface area contributed by atoms with Crippen LogP contribution in [-0.2, 0) is 4.79 Å². The van der Waals surface area contributed by atoms with Gasteiger partial charge >= 0.3 is 6.03 Å². The van der Waals surface area contributed by atoms with Crippen molar-refractivity contribution >= 4 is 51.6 Å². The third-order valence-corrected chi connectivity index (χ3v) is 5.66. The summed E-state index contributed by atoms with van der Waals surface area (Å²) in [6.07, 6.45) is 5.27. The normalized spacial score (nSPS) is 10.6. The lowest BCUT2D eigenvalue weighted by molar-refractivity contribution is -0.111. The first-order chi connectivity index (χ1) is 19.1. The van der Waals surface area contributed by atoms with E-state index in [1.165, 1.54) is 18.5 Å². The molecule has 14 heteroatoms. The molecule has 0 spiro atoms. The number of rotatable bonds is 9. The minimum atomic E-state index is -1.31. The van der Waals surface area contributed by atoms with Crippen LogP contribution in [0.25, 0.3) is 11.0 Å².